The zero-order valence-electron chi connectivity index (χ0n) is 25.1. The van der Waals surface area contributed by atoms with Crippen molar-refractivity contribution >= 4 is 17.7 Å². The van der Waals surface area contributed by atoms with Crippen LogP contribution in [0.5, 0.6) is 0 Å². The van der Waals surface area contributed by atoms with Gasteiger partial charge in [-0.2, -0.15) is 0 Å². The fraction of sp³-hybridized carbons (Fsp3) is 0.545. The van der Waals surface area contributed by atoms with Gasteiger partial charge in [-0.25, -0.2) is 0 Å². The van der Waals surface area contributed by atoms with Crippen LogP contribution in [0.3, 0.4) is 0 Å². The van der Waals surface area contributed by atoms with Gasteiger partial charge in [0.1, 0.15) is 0 Å². The molecule has 0 radical (unpaired) electrons. The summed E-state index contributed by atoms with van der Waals surface area (Å²) in [6.07, 6.45) is 4.69. The normalized spacial score (nSPS) is 15.4. The molecule has 1 aliphatic rings. The van der Waals surface area contributed by atoms with Crippen LogP contribution in [-0.2, 0) is 14.4 Å². The number of primary amides is 1. The van der Waals surface area contributed by atoms with Crippen LogP contribution in [0.2, 0.25) is 0 Å². The summed E-state index contributed by atoms with van der Waals surface area (Å²) in [7, 11) is 2.12. The molecule has 0 aromatic heterocycles. The van der Waals surface area contributed by atoms with Gasteiger partial charge in [-0.05, 0) is 69.3 Å². The van der Waals surface area contributed by atoms with Crippen LogP contribution < -0.4 is 11.1 Å². The molecule has 2 aromatic carbocycles. The summed E-state index contributed by atoms with van der Waals surface area (Å²) in [6, 6.07) is 21.3. The highest BCUT2D eigenvalue weighted by atomic mass is 16.2. The Morgan fingerprint density at radius 2 is 1.51 bits per heavy atom. The molecular formula is C33H49N5O3. The SMILES string of the molecule is CC(C)CCN(CC(N)=O)C(=O)CN(CCC1CCCN1C)C(=O)CNCCC(c1ccccc1)c1ccccc1. The van der Waals surface area contributed by atoms with Gasteiger partial charge in [0.2, 0.25) is 17.7 Å². The molecular weight excluding hydrogens is 514 g/mol. The molecule has 8 heteroatoms. The lowest BCUT2D eigenvalue weighted by molar-refractivity contribution is -0.141. The van der Waals surface area contributed by atoms with Crippen LogP contribution in [-0.4, -0.2) is 91.3 Å². The van der Waals surface area contributed by atoms with E-state index in [0.717, 1.165) is 38.6 Å². The molecule has 0 saturated carbocycles. The molecule has 1 fully saturated rings. The molecule has 3 rings (SSSR count). The third-order valence-electron chi connectivity index (χ3n) is 8.05. The largest absolute Gasteiger partial charge is 0.368 e. The molecule has 1 unspecified atom stereocenters. The number of carbonyl (C=O) groups excluding carboxylic acids is 3. The van der Waals surface area contributed by atoms with Crippen molar-refractivity contribution < 1.29 is 14.4 Å². The number of nitrogens with two attached hydrogens (primary N) is 1. The first-order chi connectivity index (χ1) is 19.7. The monoisotopic (exact) mass is 563 g/mol. The van der Waals surface area contributed by atoms with Gasteiger partial charge in [0.25, 0.3) is 0 Å². The Bertz CT molecular complexity index is 1040. The molecule has 2 aromatic rings. The van der Waals surface area contributed by atoms with E-state index in [-0.39, 0.29) is 37.4 Å². The Morgan fingerprint density at radius 3 is 2.05 bits per heavy atom. The summed E-state index contributed by atoms with van der Waals surface area (Å²) < 4.78 is 0. The van der Waals surface area contributed by atoms with Crippen LogP contribution >= 0.6 is 0 Å². The lowest BCUT2D eigenvalue weighted by Crippen LogP contribution is -2.48. The lowest BCUT2D eigenvalue weighted by Gasteiger charge is -2.29. The summed E-state index contributed by atoms with van der Waals surface area (Å²) in [5, 5.41) is 3.35. The number of likely N-dealkylation sites (tertiary alicyclic amines) is 1. The van der Waals surface area contributed by atoms with Gasteiger partial charge < -0.3 is 25.8 Å². The fourth-order valence-electron chi connectivity index (χ4n) is 5.55. The van der Waals surface area contributed by atoms with Gasteiger partial charge in [-0.15, -0.1) is 0 Å². The smallest absolute Gasteiger partial charge is 0.242 e. The second-order valence-electron chi connectivity index (χ2n) is 11.7. The second-order valence-corrected chi connectivity index (χ2v) is 11.7. The van der Waals surface area contributed by atoms with Gasteiger partial charge in [-0.3, -0.25) is 14.4 Å². The highest BCUT2D eigenvalue weighted by Gasteiger charge is 2.26. The van der Waals surface area contributed by atoms with Gasteiger partial charge in [0.15, 0.2) is 0 Å². The number of nitrogens with one attached hydrogen (secondary N) is 1. The zero-order valence-corrected chi connectivity index (χ0v) is 25.1. The molecule has 3 amide bonds. The Balaban J connectivity index is 1.62. The molecule has 3 N–H and O–H groups in total. The second kappa shape index (κ2) is 16.9. The summed E-state index contributed by atoms with van der Waals surface area (Å²) in [6.45, 7) is 6.82. The molecule has 1 heterocycles. The van der Waals surface area contributed by atoms with Crippen molar-refractivity contribution in [2.45, 2.75) is 57.9 Å². The summed E-state index contributed by atoms with van der Waals surface area (Å²) in [4.78, 5) is 43.9. The third-order valence-corrected chi connectivity index (χ3v) is 8.05. The first-order valence-corrected chi connectivity index (χ1v) is 15.1. The van der Waals surface area contributed by atoms with Gasteiger partial charge in [0, 0.05) is 25.0 Å². The predicted molar refractivity (Wildman–Crippen MR) is 164 cm³/mol. The van der Waals surface area contributed by atoms with Crippen molar-refractivity contribution in [1.82, 2.24) is 20.0 Å². The molecule has 1 aliphatic heterocycles. The maximum atomic E-state index is 13.4. The van der Waals surface area contributed by atoms with E-state index in [0.29, 0.717) is 31.6 Å². The molecule has 1 atom stereocenters. The van der Waals surface area contributed by atoms with Crippen molar-refractivity contribution in [3.8, 4) is 0 Å². The Kier molecular flexibility index (Phi) is 13.3. The first-order valence-electron chi connectivity index (χ1n) is 15.1. The first kappa shape index (κ1) is 32.3. The number of nitrogens with zero attached hydrogens (tertiary/aromatic N) is 3. The minimum atomic E-state index is -0.541. The van der Waals surface area contributed by atoms with Crippen molar-refractivity contribution in [2.75, 3.05) is 52.9 Å². The number of rotatable bonds is 17. The lowest BCUT2D eigenvalue weighted by atomic mass is 9.88. The third kappa shape index (κ3) is 10.9. The van der Waals surface area contributed by atoms with E-state index in [1.54, 1.807) is 4.90 Å². The number of hydrogen-bond donors (Lipinski definition) is 2. The minimum absolute atomic E-state index is 0.0427. The predicted octanol–water partition coefficient (Wildman–Crippen LogP) is 3.47. The van der Waals surface area contributed by atoms with E-state index in [9.17, 15) is 14.4 Å². The zero-order chi connectivity index (χ0) is 29.6. The van der Waals surface area contributed by atoms with E-state index in [2.05, 4.69) is 79.6 Å². The molecule has 41 heavy (non-hydrogen) atoms. The quantitative estimate of drug-likeness (QED) is 0.287. The summed E-state index contributed by atoms with van der Waals surface area (Å²) in [5.41, 5.74) is 7.94. The van der Waals surface area contributed by atoms with E-state index in [1.807, 2.05) is 12.1 Å². The average molecular weight is 564 g/mol. The number of carbonyl (C=O) groups is 3. The van der Waals surface area contributed by atoms with E-state index in [1.165, 1.54) is 16.0 Å². The fourth-order valence-corrected chi connectivity index (χ4v) is 5.55. The van der Waals surface area contributed by atoms with Crippen LogP contribution in [0, 0.1) is 5.92 Å². The molecule has 1 saturated heterocycles. The van der Waals surface area contributed by atoms with Gasteiger partial charge in [-0.1, -0.05) is 74.5 Å². The Labute approximate surface area is 246 Å². The van der Waals surface area contributed by atoms with Crippen molar-refractivity contribution in [3.63, 3.8) is 0 Å². The number of hydrogen-bond acceptors (Lipinski definition) is 5. The minimum Gasteiger partial charge on any atom is -0.368 e. The van der Waals surface area contributed by atoms with Crippen LogP contribution in [0.4, 0.5) is 0 Å². The van der Waals surface area contributed by atoms with Crippen LogP contribution in [0.1, 0.15) is 63.0 Å². The van der Waals surface area contributed by atoms with Gasteiger partial charge >= 0.3 is 0 Å². The average Bonchev–Trinajstić information content (AvgIpc) is 3.38. The number of amides is 3. The van der Waals surface area contributed by atoms with E-state index < -0.39 is 5.91 Å². The highest BCUT2D eigenvalue weighted by Crippen LogP contribution is 2.27. The number of benzene rings is 2. The molecule has 0 aliphatic carbocycles. The molecule has 0 spiro atoms. The van der Waals surface area contributed by atoms with E-state index in [4.69, 9.17) is 5.73 Å². The van der Waals surface area contributed by atoms with Gasteiger partial charge in [0.05, 0.1) is 19.6 Å². The maximum absolute atomic E-state index is 13.4. The highest BCUT2D eigenvalue weighted by molar-refractivity contribution is 5.88. The van der Waals surface area contributed by atoms with Crippen molar-refractivity contribution in [1.29, 1.82) is 0 Å². The molecule has 224 valence electrons. The van der Waals surface area contributed by atoms with Crippen molar-refractivity contribution in [2.24, 2.45) is 11.7 Å². The summed E-state index contributed by atoms with van der Waals surface area (Å²) >= 11 is 0. The maximum Gasteiger partial charge on any atom is 0.242 e. The standard InChI is InChI=1S/C33H49N5O3/c1-26(2)17-21-37(24-31(34)39)33(41)25-38(22-18-29-15-10-20-36(29)3)32(40)23-35-19-16-30(27-11-6-4-7-12-27)28-13-8-5-9-14-28/h4-9,11-14,26,29-30,35H,10,15-25H2,1-3H3,(H2,34,39). The topological polar surface area (TPSA) is 99.0 Å². The Morgan fingerprint density at radius 1 is 0.902 bits per heavy atom. The van der Waals surface area contributed by atoms with Crippen LogP contribution in [0.15, 0.2) is 60.7 Å². The molecule has 8 nitrogen and oxygen atoms in total. The van der Waals surface area contributed by atoms with E-state index >= 15 is 0 Å². The summed E-state index contributed by atoms with van der Waals surface area (Å²) in [5.74, 6) is -0.267. The van der Waals surface area contributed by atoms with Crippen LogP contribution in [0.25, 0.3) is 0 Å². The molecule has 0 bridgehead atoms. The van der Waals surface area contributed by atoms with Crippen molar-refractivity contribution in [3.05, 3.63) is 71.8 Å². The Hall–Kier alpha value is -3.23.